The molecule has 0 fully saturated rings. The lowest BCUT2D eigenvalue weighted by Gasteiger charge is -2.20. The zero-order valence-corrected chi connectivity index (χ0v) is 11.9. The summed E-state index contributed by atoms with van der Waals surface area (Å²) < 4.78 is 10.2. The second-order valence-corrected chi connectivity index (χ2v) is 5.10. The second kappa shape index (κ2) is 5.73. The van der Waals surface area contributed by atoms with E-state index in [0.29, 0.717) is 28.8 Å². The Balaban J connectivity index is 2.97. The number of benzene rings is 1. The van der Waals surface area contributed by atoms with E-state index in [2.05, 4.69) is 5.32 Å². The fourth-order valence-corrected chi connectivity index (χ4v) is 1.58. The number of amides is 1. The number of hydrogen-bond donors (Lipinski definition) is 1. The van der Waals surface area contributed by atoms with Crippen LogP contribution in [-0.2, 0) is 4.74 Å². The topological polar surface area (TPSA) is 64.6 Å². The molecule has 5 nitrogen and oxygen atoms in total. The molecule has 5 heteroatoms. The number of rotatable bonds is 3. The number of carbonyl (C=O) groups excluding carboxylic acids is 2. The maximum Gasteiger partial charge on any atom is 0.412 e. The minimum atomic E-state index is -0.571. The first-order valence-corrected chi connectivity index (χ1v) is 5.91. The SMILES string of the molecule is COc1ccc(NC(=O)OC(C)(C)C)c(C)c1C=O. The summed E-state index contributed by atoms with van der Waals surface area (Å²) >= 11 is 0. The highest BCUT2D eigenvalue weighted by molar-refractivity contribution is 5.91. The summed E-state index contributed by atoms with van der Waals surface area (Å²) in [6.07, 6.45) is 0.145. The number of aldehydes is 1. The fourth-order valence-electron chi connectivity index (χ4n) is 1.58. The van der Waals surface area contributed by atoms with Crippen molar-refractivity contribution in [2.45, 2.75) is 33.3 Å². The number of hydrogen-bond acceptors (Lipinski definition) is 4. The van der Waals surface area contributed by atoms with Crippen molar-refractivity contribution in [3.63, 3.8) is 0 Å². The summed E-state index contributed by atoms with van der Waals surface area (Å²) in [6, 6.07) is 3.30. The van der Waals surface area contributed by atoms with Crippen LogP contribution in [0.4, 0.5) is 10.5 Å². The zero-order valence-electron chi connectivity index (χ0n) is 11.9. The van der Waals surface area contributed by atoms with Crippen molar-refractivity contribution in [3.05, 3.63) is 23.3 Å². The maximum absolute atomic E-state index is 11.7. The van der Waals surface area contributed by atoms with E-state index < -0.39 is 11.7 Å². The fraction of sp³-hybridized carbons (Fsp3) is 0.429. The first kappa shape index (κ1) is 15.0. The van der Waals surface area contributed by atoms with Crippen LogP contribution in [0.15, 0.2) is 12.1 Å². The summed E-state index contributed by atoms with van der Waals surface area (Å²) in [5, 5.41) is 2.62. The Morgan fingerprint density at radius 1 is 1.32 bits per heavy atom. The Hall–Kier alpha value is -2.04. The maximum atomic E-state index is 11.7. The highest BCUT2D eigenvalue weighted by Gasteiger charge is 2.18. The molecule has 1 N–H and O–H groups in total. The zero-order chi connectivity index (χ0) is 14.6. The van der Waals surface area contributed by atoms with Crippen LogP contribution in [0.25, 0.3) is 0 Å². The number of anilines is 1. The van der Waals surface area contributed by atoms with Gasteiger partial charge in [0.05, 0.1) is 12.7 Å². The molecule has 0 aliphatic carbocycles. The van der Waals surface area contributed by atoms with E-state index in [1.54, 1.807) is 39.8 Å². The Kier molecular flexibility index (Phi) is 4.53. The second-order valence-electron chi connectivity index (χ2n) is 5.10. The minimum absolute atomic E-state index is 0.413. The molecule has 0 bridgehead atoms. The van der Waals surface area contributed by atoms with E-state index in [1.807, 2.05) is 0 Å². The molecule has 0 atom stereocenters. The monoisotopic (exact) mass is 265 g/mol. The van der Waals surface area contributed by atoms with Gasteiger partial charge in [0, 0.05) is 5.69 Å². The molecule has 0 unspecified atom stereocenters. The van der Waals surface area contributed by atoms with Gasteiger partial charge in [-0.2, -0.15) is 0 Å². The predicted molar refractivity (Wildman–Crippen MR) is 73.0 cm³/mol. The van der Waals surface area contributed by atoms with Gasteiger partial charge in [0.25, 0.3) is 0 Å². The molecule has 1 aromatic carbocycles. The summed E-state index contributed by atoms with van der Waals surface area (Å²) in [6.45, 7) is 7.08. The van der Waals surface area contributed by atoms with Crippen molar-refractivity contribution in [1.29, 1.82) is 0 Å². The molecule has 0 radical (unpaired) electrons. The molecular weight excluding hydrogens is 246 g/mol. The molecule has 0 aromatic heterocycles. The van der Waals surface area contributed by atoms with Crippen molar-refractivity contribution in [2.75, 3.05) is 12.4 Å². The third-order valence-corrected chi connectivity index (χ3v) is 2.45. The van der Waals surface area contributed by atoms with Gasteiger partial charge in [0.2, 0.25) is 0 Å². The quantitative estimate of drug-likeness (QED) is 0.852. The van der Waals surface area contributed by atoms with Gasteiger partial charge in [0.1, 0.15) is 11.4 Å². The smallest absolute Gasteiger partial charge is 0.412 e. The first-order valence-electron chi connectivity index (χ1n) is 5.91. The van der Waals surface area contributed by atoms with Crippen LogP contribution in [0.1, 0.15) is 36.7 Å². The van der Waals surface area contributed by atoms with Gasteiger partial charge < -0.3 is 9.47 Å². The molecule has 19 heavy (non-hydrogen) atoms. The van der Waals surface area contributed by atoms with Gasteiger partial charge in [-0.25, -0.2) is 4.79 Å². The normalized spacial score (nSPS) is 10.8. The summed E-state index contributed by atoms with van der Waals surface area (Å²) in [4.78, 5) is 22.7. The molecule has 0 heterocycles. The van der Waals surface area contributed by atoms with E-state index in [0.717, 1.165) is 0 Å². The van der Waals surface area contributed by atoms with Gasteiger partial charge in [-0.15, -0.1) is 0 Å². The lowest BCUT2D eigenvalue weighted by molar-refractivity contribution is 0.0635. The third kappa shape index (κ3) is 3.98. The van der Waals surface area contributed by atoms with Gasteiger partial charge in [0.15, 0.2) is 6.29 Å². The van der Waals surface area contributed by atoms with Crippen LogP contribution in [-0.4, -0.2) is 25.1 Å². The van der Waals surface area contributed by atoms with Gasteiger partial charge >= 0.3 is 6.09 Å². The van der Waals surface area contributed by atoms with E-state index in [9.17, 15) is 9.59 Å². The Labute approximate surface area is 112 Å². The van der Waals surface area contributed by atoms with Crippen molar-refractivity contribution in [1.82, 2.24) is 0 Å². The van der Waals surface area contributed by atoms with Crippen LogP contribution < -0.4 is 10.1 Å². The average molecular weight is 265 g/mol. The molecule has 1 rings (SSSR count). The number of methoxy groups -OCH3 is 1. The van der Waals surface area contributed by atoms with Gasteiger partial charge in [-0.05, 0) is 45.4 Å². The van der Waals surface area contributed by atoms with Gasteiger partial charge in [-0.1, -0.05) is 0 Å². The van der Waals surface area contributed by atoms with Crippen molar-refractivity contribution >= 4 is 18.1 Å². The van der Waals surface area contributed by atoms with Gasteiger partial charge in [-0.3, -0.25) is 10.1 Å². The highest BCUT2D eigenvalue weighted by atomic mass is 16.6. The molecule has 0 aliphatic rings. The molecular formula is C14H19NO4. The average Bonchev–Trinajstić information content (AvgIpc) is 2.29. The summed E-state index contributed by atoms with van der Waals surface area (Å²) in [5.41, 5.74) is 1.01. The largest absolute Gasteiger partial charge is 0.496 e. The lowest BCUT2D eigenvalue weighted by atomic mass is 10.1. The standard InChI is InChI=1S/C14H19NO4/c1-9-10(8-16)12(18-5)7-6-11(9)15-13(17)19-14(2,3)4/h6-8H,1-5H3,(H,15,17). The molecule has 0 saturated heterocycles. The van der Waals surface area contributed by atoms with Crippen LogP contribution in [0.3, 0.4) is 0 Å². The Morgan fingerprint density at radius 3 is 2.42 bits per heavy atom. The molecule has 1 amide bonds. The van der Waals surface area contributed by atoms with Crippen LogP contribution in [0.5, 0.6) is 5.75 Å². The van der Waals surface area contributed by atoms with Crippen molar-refractivity contribution in [3.8, 4) is 5.75 Å². The predicted octanol–water partition coefficient (Wildman–Crippen LogP) is 3.16. The molecule has 0 spiro atoms. The number of nitrogens with one attached hydrogen (secondary N) is 1. The first-order chi connectivity index (χ1) is 8.78. The third-order valence-electron chi connectivity index (χ3n) is 2.45. The van der Waals surface area contributed by atoms with E-state index in [1.165, 1.54) is 7.11 Å². The molecule has 0 aliphatic heterocycles. The Bertz CT molecular complexity index is 489. The minimum Gasteiger partial charge on any atom is -0.496 e. The number of carbonyl (C=O) groups is 2. The molecule has 0 saturated carbocycles. The highest BCUT2D eigenvalue weighted by Crippen LogP contribution is 2.27. The summed E-state index contributed by atoms with van der Waals surface area (Å²) in [7, 11) is 1.49. The van der Waals surface area contributed by atoms with E-state index in [4.69, 9.17) is 9.47 Å². The molecule has 104 valence electrons. The molecule has 1 aromatic rings. The van der Waals surface area contributed by atoms with E-state index in [-0.39, 0.29) is 0 Å². The summed E-state index contributed by atoms with van der Waals surface area (Å²) in [5.74, 6) is 0.474. The van der Waals surface area contributed by atoms with Crippen molar-refractivity contribution in [2.24, 2.45) is 0 Å². The van der Waals surface area contributed by atoms with Crippen molar-refractivity contribution < 1.29 is 19.1 Å². The van der Waals surface area contributed by atoms with E-state index >= 15 is 0 Å². The van der Waals surface area contributed by atoms with Crippen LogP contribution >= 0.6 is 0 Å². The number of ether oxygens (including phenoxy) is 2. The van der Waals surface area contributed by atoms with Crippen LogP contribution in [0, 0.1) is 6.92 Å². The van der Waals surface area contributed by atoms with Crippen LogP contribution in [0.2, 0.25) is 0 Å². The Morgan fingerprint density at radius 2 is 1.95 bits per heavy atom. The lowest BCUT2D eigenvalue weighted by Crippen LogP contribution is -2.27.